The van der Waals surface area contributed by atoms with Crippen molar-refractivity contribution in [1.82, 2.24) is 5.43 Å². The molecule has 1 aromatic heterocycles. The number of hydrogen-bond acceptors (Lipinski definition) is 6. The number of hydrogen-bond donors (Lipinski definition) is 2. The minimum absolute atomic E-state index is 0.0460. The fraction of sp³-hybridized carbons (Fsp3) is 0.0526. The van der Waals surface area contributed by atoms with E-state index in [0.717, 1.165) is 9.26 Å². The number of nitro benzene ring substituents is 1. The summed E-state index contributed by atoms with van der Waals surface area (Å²) in [6.07, 6.45) is 1.33. The van der Waals surface area contributed by atoms with Crippen LogP contribution >= 0.6 is 22.6 Å². The predicted molar refractivity (Wildman–Crippen MR) is 114 cm³/mol. The van der Waals surface area contributed by atoms with Gasteiger partial charge in [-0.15, -0.1) is 0 Å². The van der Waals surface area contributed by atoms with Gasteiger partial charge in [-0.25, -0.2) is 5.43 Å². The molecule has 0 saturated carbocycles. The van der Waals surface area contributed by atoms with E-state index in [4.69, 9.17) is 4.42 Å². The number of nitrogens with one attached hydrogen (secondary N) is 2. The van der Waals surface area contributed by atoms with Crippen molar-refractivity contribution in [1.29, 1.82) is 0 Å². The lowest BCUT2D eigenvalue weighted by atomic mass is 10.1. The third-order valence-electron chi connectivity index (χ3n) is 3.67. The first-order chi connectivity index (χ1) is 13.5. The van der Waals surface area contributed by atoms with Crippen molar-refractivity contribution in [3.05, 3.63) is 80.1 Å². The molecule has 0 radical (unpaired) electrons. The summed E-state index contributed by atoms with van der Waals surface area (Å²) in [6.45, 7) is 0.0670. The lowest BCUT2D eigenvalue weighted by Crippen LogP contribution is -2.25. The van der Waals surface area contributed by atoms with Gasteiger partial charge in [-0.1, -0.05) is 12.1 Å². The minimum Gasteiger partial charge on any atom is -0.455 e. The maximum Gasteiger partial charge on any atom is 0.280 e. The molecule has 0 aliphatic carbocycles. The topological polar surface area (TPSA) is 110 Å². The molecule has 28 heavy (non-hydrogen) atoms. The van der Waals surface area contributed by atoms with Crippen LogP contribution in [0.1, 0.15) is 5.76 Å². The van der Waals surface area contributed by atoms with Crippen molar-refractivity contribution in [3.8, 4) is 11.3 Å². The summed E-state index contributed by atoms with van der Waals surface area (Å²) in [4.78, 5) is 22.5. The lowest BCUT2D eigenvalue weighted by Gasteiger charge is -2.04. The number of carbonyl (C=O) groups excluding carboxylic acids is 1. The summed E-state index contributed by atoms with van der Waals surface area (Å²) in [7, 11) is 0. The molecule has 0 spiro atoms. The highest BCUT2D eigenvalue weighted by Crippen LogP contribution is 2.30. The van der Waals surface area contributed by atoms with Crippen LogP contribution in [0, 0.1) is 13.7 Å². The quantitative estimate of drug-likeness (QED) is 0.225. The molecule has 9 heteroatoms. The van der Waals surface area contributed by atoms with Gasteiger partial charge < -0.3 is 9.73 Å². The van der Waals surface area contributed by atoms with Gasteiger partial charge in [0.15, 0.2) is 0 Å². The SMILES string of the molecule is O=C(CNc1ccc(I)cc1)N/N=C\c1ccc(-c2ccccc2[N+](=O)[O-])o1. The van der Waals surface area contributed by atoms with Crippen LogP contribution in [-0.2, 0) is 4.79 Å². The first-order valence-electron chi connectivity index (χ1n) is 8.18. The third-order valence-corrected chi connectivity index (χ3v) is 4.39. The fourth-order valence-electron chi connectivity index (χ4n) is 2.37. The van der Waals surface area contributed by atoms with Gasteiger partial charge in [0, 0.05) is 15.3 Å². The Hall–Kier alpha value is -3.21. The van der Waals surface area contributed by atoms with E-state index in [1.807, 2.05) is 24.3 Å². The van der Waals surface area contributed by atoms with Gasteiger partial charge in [-0.2, -0.15) is 5.10 Å². The van der Waals surface area contributed by atoms with Gasteiger partial charge in [-0.3, -0.25) is 14.9 Å². The van der Waals surface area contributed by atoms with Crippen LogP contribution in [0.4, 0.5) is 11.4 Å². The number of halogens is 1. The minimum atomic E-state index is -0.466. The first kappa shape index (κ1) is 19.5. The van der Waals surface area contributed by atoms with Crippen molar-refractivity contribution in [2.24, 2.45) is 5.10 Å². The Bertz CT molecular complexity index is 1010. The zero-order valence-corrected chi connectivity index (χ0v) is 16.6. The van der Waals surface area contributed by atoms with Crippen LogP contribution in [0.15, 0.2) is 70.2 Å². The molecule has 8 nitrogen and oxygen atoms in total. The highest BCUT2D eigenvalue weighted by atomic mass is 127. The number of para-hydroxylation sites is 1. The molecule has 0 saturated heterocycles. The van der Waals surface area contributed by atoms with Crippen molar-refractivity contribution < 1.29 is 14.1 Å². The fourth-order valence-corrected chi connectivity index (χ4v) is 2.73. The number of carbonyl (C=O) groups is 1. The average molecular weight is 490 g/mol. The Labute approximate surface area is 173 Å². The maximum absolute atomic E-state index is 11.8. The molecule has 1 amide bonds. The first-order valence-corrected chi connectivity index (χ1v) is 9.26. The van der Waals surface area contributed by atoms with Gasteiger partial charge in [0.05, 0.1) is 23.2 Å². The predicted octanol–water partition coefficient (Wildman–Crippen LogP) is 4.02. The van der Waals surface area contributed by atoms with E-state index >= 15 is 0 Å². The molecule has 2 N–H and O–H groups in total. The van der Waals surface area contributed by atoms with Crippen molar-refractivity contribution >= 4 is 46.1 Å². The zero-order chi connectivity index (χ0) is 19.9. The van der Waals surface area contributed by atoms with Crippen molar-refractivity contribution in [3.63, 3.8) is 0 Å². The van der Waals surface area contributed by atoms with Gasteiger partial charge in [0.25, 0.3) is 11.6 Å². The van der Waals surface area contributed by atoms with Crippen LogP contribution in [-0.4, -0.2) is 23.6 Å². The average Bonchev–Trinajstić information content (AvgIpc) is 3.16. The van der Waals surface area contributed by atoms with Crippen LogP contribution in [0.25, 0.3) is 11.3 Å². The third kappa shape index (κ3) is 5.16. The second kappa shape index (κ2) is 9.13. The van der Waals surface area contributed by atoms with Gasteiger partial charge in [0.2, 0.25) is 0 Å². The second-order valence-corrected chi connectivity index (χ2v) is 6.88. The summed E-state index contributed by atoms with van der Waals surface area (Å²) in [5.74, 6) is 0.389. The number of hydrazone groups is 1. The number of nitrogens with zero attached hydrogens (tertiary/aromatic N) is 2. The Morgan fingerprint density at radius 2 is 1.89 bits per heavy atom. The lowest BCUT2D eigenvalue weighted by molar-refractivity contribution is -0.384. The summed E-state index contributed by atoms with van der Waals surface area (Å²) >= 11 is 2.20. The van der Waals surface area contributed by atoms with E-state index in [1.54, 1.807) is 30.3 Å². The van der Waals surface area contributed by atoms with E-state index in [-0.39, 0.29) is 18.1 Å². The van der Waals surface area contributed by atoms with Crippen molar-refractivity contribution in [2.45, 2.75) is 0 Å². The molecule has 0 atom stereocenters. The van der Waals surface area contributed by atoms with Gasteiger partial charge >= 0.3 is 0 Å². The molecule has 0 aliphatic rings. The van der Waals surface area contributed by atoms with E-state index in [9.17, 15) is 14.9 Å². The standard InChI is InChI=1S/C19H15IN4O4/c20-13-5-7-14(8-6-13)21-12-19(25)23-22-11-15-9-10-18(28-15)16-3-1-2-4-17(16)24(26)27/h1-11,21H,12H2,(H,23,25)/b22-11-. The number of amides is 1. The van der Waals surface area contributed by atoms with E-state index in [2.05, 4.69) is 38.4 Å². The summed E-state index contributed by atoms with van der Waals surface area (Å²) in [5, 5.41) is 17.9. The van der Waals surface area contributed by atoms with E-state index in [0.29, 0.717) is 17.1 Å². The second-order valence-electron chi connectivity index (χ2n) is 5.63. The Morgan fingerprint density at radius 3 is 2.64 bits per heavy atom. The van der Waals surface area contributed by atoms with Gasteiger partial charge in [-0.05, 0) is 65.1 Å². The molecule has 0 fully saturated rings. The largest absolute Gasteiger partial charge is 0.455 e. The Kier molecular flexibility index (Phi) is 6.37. The molecule has 3 aromatic rings. The van der Waals surface area contributed by atoms with Crippen LogP contribution < -0.4 is 10.7 Å². The molecule has 1 heterocycles. The molecular weight excluding hydrogens is 475 g/mol. The summed E-state index contributed by atoms with van der Waals surface area (Å²) in [6, 6.07) is 17.2. The number of benzene rings is 2. The maximum atomic E-state index is 11.8. The number of nitro groups is 1. The molecule has 0 aliphatic heterocycles. The summed E-state index contributed by atoms with van der Waals surface area (Å²) < 4.78 is 6.67. The summed E-state index contributed by atoms with van der Waals surface area (Å²) in [5.41, 5.74) is 3.55. The molecule has 0 unspecified atom stereocenters. The van der Waals surface area contributed by atoms with Crippen molar-refractivity contribution in [2.75, 3.05) is 11.9 Å². The van der Waals surface area contributed by atoms with Gasteiger partial charge in [0.1, 0.15) is 11.5 Å². The number of furan rings is 1. The molecule has 142 valence electrons. The number of rotatable bonds is 7. The van der Waals surface area contributed by atoms with E-state index in [1.165, 1.54) is 12.3 Å². The molecule has 0 bridgehead atoms. The molecule has 3 rings (SSSR count). The highest BCUT2D eigenvalue weighted by molar-refractivity contribution is 14.1. The van der Waals surface area contributed by atoms with E-state index < -0.39 is 4.92 Å². The Morgan fingerprint density at radius 1 is 1.14 bits per heavy atom. The highest BCUT2D eigenvalue weighted by Gasteiger charge is 2.16. The monoisotopic (exact) mass is 490 g/mol. The normalized spacial score (nSPS) is 10.8. The van der Waals surface area contributed by atoms with Crippen LogP contribution in [0.2, 0.25) is 0 Å². The number of anilines is 1. The van der Waals surface area contributed by atoms with Crippen LogP contribution in [0.5, 0.6) is 0 Å². The zero-order valence-electron chi connectivity index (χ0n) is 14.5. The molecule has 2 aromatic carbocycles. The smallest absolute Gasteiger partial charge is 0.280 e. The molecular formula is C19H15IN4O4. The Balaban J connectivity index is 1.56. The van der Waals surface area contributed by atoms with Crippen LogP contribution in [0.3, 0.4) is 0 Å².